The van der Waals surface area contributed by atoms with Gasteiger partial charge in [-0.05, 0) is 25.0 Å². The number of hydrogen-bond donors (Lipinski definition) is 2. The molecule has 1 fully saturated rings. The van der Waals surface area contributed by atoms with E-state index in [0.29, 0.717) is 30.3 Å². The molecular weight excluding hydrogens is 302 g/mol. The van der Waals surface area contributed by atoms with Crippen molar-refractivity contribution in [2.45, 2.75) is 44.1 Å². The number of aliphatic carboxylic acids is 1. The van der Waals surface area contributed by atoms with Gasteiger partial charge in [-0.15, -0.1) is 0 Å². The summed E-state index contributed by atoms with van der Waals surface area (Å²) in [5.41, 5.74) is -1.12. The van der Waals surface area contributed by atoms with Crippen LogP contribution in [0, 0.1) is 0 Å². The first-order chi connectivity index (χ1) is 11.1. The minimum absolute atomic E-state index is 0.0921. The predicted molar refractivity (Wildman–Crippen MR) is 77.3 cm³/mol. The second-order valence-corrected chi connectivity index (χ2v) is 5.63. The SMILES string of the molecule is O=C(CCc1nc(-c2ccco2)no1)NC1(C(=O)O)CCCC1. The molecule has 3 rings (SSSR count). The van der Waals surface area contributed by atoms with Gasteiger partial charge in [0.05, 0.1) is 6.26 Å². The van der Waals surface area contributed by atoms with Crippen LogP contribution in [0.2, 0.25) is 0 Å². The van der Waals surface area contributed by atoms with Crippen molar-refractivity contribution >= 4 is 11.9 Å². The average molecular weight is 319 g/mol. The third-order valence-electron chi connectivity index (χ3n) is 4.02. The van der Waals surface area contributed by atoms with Gasteiger partial charge in [0.2, 0.25) is 17.6 Å². The fraction of sp³-hybridized carbons (Fsp3) is 0.467. The minimum Gasteiger partial charge on any atom is -0.480 e. The summed E-state index contributed by atoms with van der Waals surface area (Å²) in [4.78, 5) is 27.6. The molecule has 1 amide bonds. The molecule has 0 aliphatic heterocycles. The highest BCUT2D eigenvalue weighted by molar-refractivity contribution is 5.87. The highest BCUT2D eigenvalue weighted by Gasteiger charge is 2.42. The summed E-state index contributed by atoms with van der Waals surface area (Å²) >= 11 is 0. The van der Waals surface area contributed by atoms with Gasteiger partial charge >= 0.3 is 5.97 Å². The number of furan rings is 1. The third kappa shape index (κ3) is 3.25. The fourth-order valence-electron chi connectivity index (χ4n) is 2.78. The Morgan fingerprint density at radius 3 is 2.78 bits per heavy atom. The number of carboxylic acid groups (broad SMARTS) is 1. The maximum atomic E-state index is 12.0. The van der Waals surface area contributed by atoms with Gasteiger partial charge in [0.1, 0.15) is 5.54 Å². The first kappa shape index (κ1) is 15.3. The zero-order chi connectivity index (χ0) is 16.3. The van der Waals surface area contributed by atoms with E-state index in [0.717, 1.165) is 12.8 Å². The molecule has 2 aromatic rings. The molecule has 0 saturated heterocycles. The van der Waals surface area contributed by atoms with E-state index in [1.807, 2.05) is 0 Å². The standard InChI is InChI=1S/C15H17N3O5/c19-11(17-15(14(20)21)7-1-2-8-15)5-6-12-16-13(18-23-12)10-4-3-9-22-10/h3-4,9H,1-2,5-8H2,(H,17,19)(H,20,21). The van der Waals surface area contributed by atoms with E-state index >= 15 is 0 Å². The van der Waals surface area contributed by atoms with Crippen LogP contribution in [0.4, 0.5) is 0 Å². The Morgan fingerprint density at radius 2 is 2.13 bits per heavy atom. The number of rotatable bonds is 6. The number of carbonyl (C=O) groups is 2. The second-order valence-electron chi connectivity index (χ2n) is 5.63. The third-order valence-corrected chi connectivity index (χ3v) is 4.02. The molecule has 0 radical (unpaired) electrons. The summed E-state index contributed by atoms with van der Waals surface area (Å²) in [6, 6.07) is 3.42. The Hall–Kier alpha value is -2.64. The topological polar surface area (TPSA) is 118 Å². The normalized spacial score (nSPS) is 16.3. The predicted octanol–water partition coefficient (Wildman–Crippen LogP) is 1.78. The van der Waals surface area contributed by atoms with Crippen LogP contribution < -0.4 is 5.32 Å². The Balaban J connectivity index is 1.56. The molecule has 1 aliphatic carbocycles. The van der Waals surface area contributed by atoms with Crippen molar-refractivity contribution in [3.05, 3.63) is 24.3 Å². The van der Waals surface area contributed by atoms with Crippen LogP contribution in [-0.4, -0.2) is 32.7 Å². The number of carbonyl (C=O) groups excluding carboxylic acids is 1. The molecular formula is C15H17N3O5. The largest absolute Gasteiger partial charge is 0.480 e. The van der Waals surface area contributed by atoms with Crippen LogP contribution in [-0.2, 0) is 16.0 Å². The van der Waals surface area contributed by atoms with E-state index < -0.39 is 11.5 Å². The molecule has 0 aromatic carbocycles. The van der Waals surface area contributed by atoms with E-state index in [-0.39, 0.29) is 18.7 Å². The quantitative estimate of drug-likeness (QED) is 0.833. The van der Waals surface area contributed by atoms with E-state index in [9.17, 15) is 14.7 Å². The molecule has 0 atom stereocenters. The van der Waals surface area contributed by atoms with Gasteiger partial charge in [0.15, 0.2) is 5.76 Å². The molecule has 8 nitrogen and oxygen atoms in total. The van der Waals surface area contributed by atoms with Crippen LogP contribution in [0.3, 0.4) is 0 Å². The number of nitrogens with one attached hydrogen (secondary N) is 1. The fourth-order valence-corrected chi connectivity index (χ4v) is 2.78. The summed E-state index contributed by atoms with van der Waals surface area (Å²) in [7, 11) is 0. The molecule has 2 N–H and O–H groups in total. The maximum Gasteiger partial charge on any atom is 0.329 e. The summed E-state index contributed by atoms with van der Waals surface area (Å²) in [5, 5.41) is 15.8. The number of aromatic nitrogens is 2. The highest BCUT2D eigenvalue weighted by Crippen LogP contribution is 2.30. The molecule has 8 heteroatoms. The molecule has 23 heavy (non-hydrogen) atoms. The highest BCUT2D eigenvalue weighted by atomic mass is 16.5. The van der Waals surface area contributed by atoms with Gasteiger partial charge in [-0.25, -0.2) is 4.79 Å². The van der Waals surface area contributed by atoms with Crippen molar-refractivity contribution in [2.75, 3.05) is 0 Å². The zero-order valence-corrected chi connectivity index (χ0v) is 12.4. The molecule has 0 bridgehead atoms. The van der Waals surface area contributed by atoms with Crippen LogP contribution in [0.25, 0.3) is 11.6 Å². The van der Waals surface area contributed by atoms with Crippen molar-refractivity contribution in [3.63, 3.8) is 0 Å². The number of carboxylic acids is 1. The van der Waals surface area contributed by atoms with E-state index in [4.69, 9.17) is 8.94 Å². The molecule has 2 aromatic heterocycles. The minimum atomic E-state index is -1.12. The van der Waals surface area contributed by atoms with Gasteiger partial charge in [-0.1, -0.05) is 18.0 Å². The lowest BCUT2D eigenvalue weighted by molar-refractivity contribution is -0.147. The van der Waals surface area contributed by atoms with Gasteiger partial charge < -0.3 is 19.4 Å². The Kier molecular flexibility index (Phi) is 4.14. The van der Waals surface area contributed by atoms with Crippen molar-refractivity contribution in [1.29, 1.82) is 0 Å². The lowest BCUT2D eigenvalue weighted by Crippen LogP contribution is -2.52. The number of nitrogens with zero attached hydrogens (tertiary/aromatic N) is 2. The van der Waals surface area contributed by atoms with Gasteiger partial charge in [-0.3, -0.25) is 4.79 Å². The van der Waals surface area contributed by atoms with Crippen LogP contribution in [0.1, 0.15) is 38.0 Å². The molecule has 1 aliphatic rings. The summed E-state index contributed by atoms with van der Waals surface area (Å²) in [5.74, 6) is -0.181. The van der Waals surface area contributed by atoms with Gasteiger partial charge in [0, 0.05) is 12.8 Å². The number of aryl methyl sites for hydroxylation is 1. The Bertz CT molecular complexity index is 686. The van der Waals surface area contributed by atoms with Gasteiger partial charge in [-0.2, -0.15) is 4.98 Å². The zero-order valence-electron chi connectivity index (χ0n) is 12.4. The Labute approximate surface area is 131 Å². The number of amides is 1. The smallest absolute Gasteiger partial charge is 0.329 e. The van der Waals surface area contributed by atoms with Crippen molar-refractivity contribution < 1.29 is 23.6 Å². The van der Waals surface area contributed by atoms with Crippen LogP contribution in [0.15, 0.2) is 27.3 Å². The average Bonchev–Trinajstić information content (AvgIpc) is 3.26. The number of hydrogen-bond acceptors (Lipinski definition) is 6. The molecule has 1 saturated carbocycles. The van der Waals surface area contributed by atoms with E-state index in [2.05, 4.69) is 15.5 Å². The molecule has 122 valence electrons. The summed E-state index contributed by atoms with van der Waals surface area (Å²) < 4.78 is 10.2. The van der Waals surface area contributed by atoms with Crippen molar-refractivity contribution in [1.82, 2.24) is 15.5 Å². The van der Waals surface area contributed by atoms with E-state index in [1.54, 1.807) is 12.1 Å². The van der Waals surface area contributed by atoms with Crippen LogP contribution >= 0.6 is 0 Å². The first-order valence-corrected chi connectivity index (χ1v) is 7.50. The second kappa shape index (κ2) is 6.23. The Morgan fingerprint density at radius 1 is 1.35 bits per heavy atom. The molecule has 0 spiro atoms. The maximum absolute atomic E-state index is 12.0. The lowest BCUT2D eigenvalue weighted by Gasteiger charge is -2.25. The van der Waals surface area contributed by atoms with Crippen LogP contribution in [0.5, 0.6) is 0 Å². The van der Waals surface area contributed by atoms with E-state index in [1.165, 1.54) is 6.26 Å². The molecule has 2 heterocycles. The van der Waals surface area contributed by atoms with Crippen molar-refractivity contribution in [3.8, 4) is 11.6 Å². The molecule has 0 unspecified atom stereocenters. The lowest BCUT2D eigenvalue weighted by atomic mass is 9.97. The first-order valence-electron chi connectivity index (χ1n) is 7.50. The monoisotopic (exact) mass is 319 g/mol. The van der Waals surface area contributed by atoms with Crippen molar-refractivity contribution in [2.24, 2.45) is 0 Å². The summed E-state index contributed by atoms with van der Waals surface area (Å²) in [6.45, 7) is 0. The van der Waals surface area contributed by atoms with Gasteiger partial charge in [0.25, 0.3) is 0 Å². The summed E-state index contributed by atoms with van der Waals surface area (Å²) in [6.07, 6.45) is 4.40.